The van der Waals surface area contributed by atoms with E-state index in [9.17, 15) is 30.0 Å². The van der Waals surface area contributed by atoms with Crippen LogP contribution in [0.2, 0.25) is 0 Å². The molecule has 0 aromatic heterocycles. The first-order valence-electron chi connectivity index (χ1n) is 6.15. The highest BCUT2D eigenvalue weighted by molar-refractivity contribution is 5.91. The number of carbonyl (C=O) groups is 2. The SMILES string of the molecule is CCCC(O)(O)OC(=O)/C=C\C(=O)OC(O)(O)CCC. The third-order valence-electron chi connectivity index (χ3n) is 2.03. The number of aliphatic hydroxyl groups is 4. The molecule has 0 aromatic rings. The van der Waals surface area contributed by atoms with Gasteiger partial charge in [0.25, 0.3) is 0 Å². The van der Waals surface area contributed by atoms with Gasteiger partial charge in [0, 0.05) is 25.0 Å². The standard InChI is InChI=1S/C12H20O8/c1-3-7-11(15,16)19-9(13)5-6-10(14)20-12(17,18)8-4-2/h5-6,15-18H,3-4,7-8H2,1-2H3/b6-5-. The normalized spacial score (nSPS) is 12.5. The Balaban J connectivity index is 4.35. The zero-order valence-corrected chi connectivity index (χ0v) is 11.4. The van der Waals surface area contributed by atoms with Gasteiger partial charge in [0.2, 0.25) is 0 Å². The van der Waals surface area contributed by atoms with Crippen LogP contribution in [-0.4, -0.2) is 44.3 Å². The molecule has 0 radical (unpaired) electrons. The Morgan fingerprint density at radius 3 is 1.40 bits per heavy atom. The van der Waals surface area contributed by atoms with Gasteiger partial charge in [0.15, 0.2) is 0 Å². The molecule has 20 heavy (non-hydrogen) atoms. The van der Waals surface area contributed by atoms with Crippen molar-refractivity contribution in [3.05, 3.63) is 12.2 Å². The molecule has 0 amide bonds. The zero-order valence-electron chi connectivity index (χ0n) is 11.4. The Hall–Kier alpha value is -1.48. The van der Waals surface area contributed by atoms with Crippen molar-refractivity contribution >= 4 is 11.9 Å². The summed E-state index contributed by atoms with van der Waals surface area (Å²) in [5.74, 6) is -7.59. The summed E-state index contributed by atoms with van der Waals surface area (Å²) in [6, 6.07) is 0. The van der Waals surface area contributed by atoms with E-state index in [2.05, 4.69) is 9.47 Å². The van der Waals surface area contributed by atoms with Crippen LogP contribution in [0, 0.1) is 0 Å². The molecule has 0 heterocycles. The molecule has 0 saturated carbocycles. The molecule has 0 atom stereocenters. The summed E-state index contributed by atoms with van der Waals surface area (Å²) in [5, 5.41) is 36.8. The van der Waals surface area contributed by atoms with E-state index in [0.717, 1.165) is 0 Å². The van der Waals surface area contributed by atoms with E-state index in [4.69, 9.17) is 0 Å². The number of ether oxygens (including phenoxy) is 2. The predicted molar refractivity (Wildman–Crippen MR) is 65.5 cm³/mol. The van der Waals surface area contributed by atoms with Crippen LogP contribution in [0.15, 0.2) is 12.2 Å². The third kappa shape index (κ3) is 8.59. The van der Waals surface area contributed by atoms with Gasteiger partial charge in [-0.25, -0.2) is 9.59 Å². The van der Waals surface area contributed by atoms with E-state index in [1.54, 1.807) is 13.8 Å². The van der Waals surface area contributed by atoms with Crippen LogP contribution in [0.3, 0.4) is 0 Å². The molecule has 0 saturated heterocycles. The number of hydrogen-bond acceptors (Lipinski definition) is 8. The van der Waals surface area contributed by atoms with Crippen molar-refractivity contribution in [3.63, 3.8) is 0 Å². The molecule has 0 rings (SSSR count). The van der Waals surface area contributed by atoms with Gasteiger partial charge < -0.3 is 29.9 Å². The highest BCUT2D eigenvalue weighted by Gasteiger charge is 2.27. The van der Waals surface area contributed by atoms with Crippen LogP contribution in [0.5, 0.6) is 0 Å². The summed E-state index contributed by atoms with van der Waals surface area (Å²) in [6.07, 6.45) is 1.51. The molecular formula is C12H20O8. The van der Waals surface area contributed by atoms with E-state index < -0.39 is 23.9 Å². The van der Waals surface area contributed by atoms with Gasteiger partial charge in [-0.15, -0.1) is 0 Å². The molecule has 8 nitrogen and oxygen atoms in total. The Kier molecular flexibility index (Phi) is 7.36. The molecule has 4 N–H and O–H groups in total. The van der Waals surface area contributed by atoms with Crippen LogP contribution in [0.4, 0.5) is 0 Å². The van der Waals surface area contributed by atoms with Gasteiger partial charge in [-0.05, 0) is 12.8 Å². The van der Waals surface area contributed by atoms with Crippen LogP contribution < -0.4 is 0 Å². The number of rotatable bonds is 8. The van der Waals surface area contributed by atoms with E-state index in [-0.39, 0.29) is 12.8 Å². The molecule has 0 aliphatic carbocycles. The van der Waals surface area contributed by atoms with E-state index >= 15 is 0 Å². The Morgan fingerprint density at radius 2 is 1.15 bits per heavy atom. The first kappa shape index (κ1) is 18.5. The van der Waals surface area contributed by atoms with Gasteiger partial charge in [-0.3, -0.25) is 0 Å². The number of carbonyl (C=O) groups excluding carboxylic acids is 2. The van der Waals surface area contributed by atoms with Crippen molar-refractivity contribution in [2.45, 2.75) is 51.5 Å². The summed E-state index contributed by atoms with van der Waals surface area (Å²) in [6.45, 7) is 3.30. The molecule has 0 fully saturated rings. The van der Waals surface area contributed by atoms with Crippen molar-refractivity contribution < 1.29 is 39.5 Å². The summed E-state index contributed by atoms with van der Waals surface area (Å²) in [5.41, 5.74) is 0. The molecule has 0 unspecified atom stereocenters. The van der Waals surface area contributed by atoms with Crippen molar-refractivity contribution in [1.82, 2.24) is 0 Å². The topological polar surface area (TPSA) is 134 Å². The van der Waals surface area contributed by atoms with Gasteiger partial charge in [0.05, 0.1) is 0 Å². The molecular weight excluding hydrogens is 272 g/mol. The van der Waals surface area contributed by atoms with Gasteiger partial charge >= 0.3 is 23.9 Å². The summed E-state index contributed by atoms with van der Waals surface area (Å²) in [4.78, 5) is 22.3. The maximum absolute atomic E-state index is 11.2. The lowest BCUT2D eigenvalue weighted by Gasteiger charge is -2.20. The van der Waals surface area contributed by atoms with E-state index in [1.165, 1.54) is 0 Å². The summed E-state index contributed by atoms with van der Waals surface area (Å²) in [7, 11) is 0. The first-order chi connectivity index (χ1) is 9.12. The van der Waals surface area contributed by atoms with Gasteiger partial charge in [0.1, 0.15) is 0 Å². The fourth-order valence-electron chi connectivity index (χ4n) is 1.28. The highest BCUT2D eigenvalue weighted by atomic mass is 16.8. The average Bonchev–Trinajstić information content (AvgIpc) is 2.24. The van der Waals surface area contributed by atoms with Crippen molar-refractivity contribution in [1.29, 1.82) is 0 Å². The zero-order chi connectivity index (χ0) is 15.8. The second kappa shape index (κ2) is 7.95. The monoisotopic (exact) mass is 292 g/mol. The molecule has 0 aliphatic rings. The lowest BCUT2D eigenvalue weighted by atomic mass is 10.3. The Morgan fingerprint density at radius 1 is 0.850 bits per heavy atom. The Labute approximate surface area is 116 Å². The summed E-state index contributed by atoms with van der Waals surface area (Å²) < 4.78 is 8.52. The third-order valence-corrected chi connectivity index (χ3v) is 2.03. The average molecular weight is 292 g/mol. The maximum atomic E-state index is 11.2. The fourth-order valence-corrected chi connectivity index (χ4v) is 1.28. The van der Waals surface area contributed by atoms with Gasteiger partial charge in [-0.1, -0.05) is 13.8 Å². The van der Waals surface area contributed by atoms with Crippen molar-refractivity contribution in [2.75, 3.05) is 0 Å². The Bertz CT molecular complexity index is 324. The van der Waals surface area contributed by atoms with E-state index in [1.807, 2.05) is 0 Å². The molecule has 0 spiro atoms. The quantitative estimate of drug-likeness (QED) is 0.267. The lowest BCUT2D eigenvalue weighted by Crippen LogP contribution is -2.34. The molecule has 116 valence electrons. The first-order valence-corrected chi connectivity index (χ1v) is 6.15. The van der Waals surface area contributed by atoms with Gasteiger partial charge in [-0.2, -0.15) is 0 Å². The lowest BCUT2D eigenvalue weighted by molar-refractivity contribution is -0.321. The van der Waals surface area contributed by atoms with Crippen LogP contribution in [0.25, 0.3) is 0 Å². The van der Waals surface area contributed by atoms with Crippen molar-refractivity contribution in [2.24, 2.45) is 0 Å². The minimum atomic E-state index is -2.61. The molecule has 0 bridgehead atoms. The van der Waals surface area contributed by atoms with Crippen LogP contribution in [0.1, 0.15) is 39.5 Å². The second-order valence-corrected chi connectivity index (χ2v) is 4.16. The predicted octanol–water partition coefficient (Wildman–Crippen LogP) is -0.494. The molecule has 0 aliphatic heterocycles. The number of hydrogen-bond donors (Lipinski definition) is 4. The van der Waals surface area contributed by atoms with Crippen LogP contribution >= 0.6 is 0 Å². The molecule has 8 heteroatoms. The fraction of sp³-hybridized carbons (Fsp3) is 0.667. The highest BCUT2D eigenvalue weighted by Crippen LogP contribution is 2.12. The maximum Gasteiger partial charge on any atom is 0.335 e. The second-order valence-electron chi connectivity index (χ2n) is 4.16. The smallest absolute Gasteiger partial charge is 0.335 e. The summed E-state index contributed by atoms with van der Waals surface area (Å²) >= 11 is 0. The van der Waals surface area contributed by atoms with Crippen LogP contribution in [-0.2, 0) is 19.1 Å². The number of esters is 2. The molecule has 0 aromatic carbocycles. The van der Waals surface area contributed by atoms with E-state index in [0.29, 0.717) is 25.0 Å². The minimum Gasteiger partial charge on any atom is -0.405 e. The minimum absolute atomic E-state index is 0.191. The van der Waals surface area contributed by atoms with Crippen molar-refractivity contribution in [3.8, 4) is 0 Å². The largest absolute Gasteiger partial charge is 0.405 e.